The SMILES string of the molecule is CCC[CH2][Sn]([CH2]CCC)([CH2]CCC)[CH2]Oc1c(CN=[N+]=[N-])cc(Br)cc1OC. The van der Waals surface area contributed by atoms with Gasteiger partial charge in [0, 0.05) is 0 Å². The van der Waals surface area contributed by atoms with Gasteiger partial charge in [0.1, 0.15) is 0 Å². The first-order valence-corrected chi connectivity index (χ1v) is 19.4. The van der Waals surface area contributed by atoms with E-state index < -0.39 is 18.4 Å². The summed E-state index contributed by atoms with van der Waals surface area (Å²) in [7, 11) is 1.66. The zero-order valence-electron chi connectivity index (χ0n) is 18.0. The van der Waals surface area contributed by atoms with E-state index in [0.717, 1.165) is 20.4 Å². The Balaban J connectivity index is 3.16. The van der Waals surface area contributed by atoms with Crippen LogP contribution in [0.2, 0.25) is 13.3 Å². The van der Waals surface area contributed by atoms with E-state index in [0.29, 0.717) is 5.75 Å². The summed E-state index contributed by atoms with van der Waals surface area (Å²) in [5, 5.41) is 3.75. The van der Waals surface area contributed by atoms with Gasteiger partial charge in [-0.1, -0.05) is 0 Å². The number of ether oxygens (including phenoxy) is 2. The van der Waals surface area contributed by atoms with Crippen molar-refractivity contribution in [3.63, 3.8) is 0 Å². The van der Waals surface area contributed by atoms with Crippen LogP contribution in [0.5, 0.6) is 11.5 Å². The molecule has 0 unspecified atom stereocenters. The molecule has 28 heavy (non-hydrogen) atoms. The number of azide groups is 1. The summed E-state index contributed by atoms with van der Waals surface area (Å²) in [6.45, 7) is 7.12. The molecule has 1 aromatic carbocycles. The van der Waals surface area contributed by atoms with Gasteiger partial charge in [0.2, 0.25) is 0 Å². The Morgan fingerprint density at radius 3 is 2.07 bits per heavy atom. The number of rotatable bonds is 15. The van der Waals surface area contributed by atoms with E-state index >= 15 is 0 Å². The van der Waals surface area contributed by atoms with E-state index in [1.165, 1.54) is 51.8 Å². The van der Waals surface area contributed by atoms with E-state index in [1.54, 1.807) is 7.11 Å². The van der Waals surface area contributed by atoms with Crippen LogP contribution in [0.25, 0.3) is 10.4 Å². The molecule has 158 valence electrons. The van der Waals surface area contributed by atoms with Gasteiger partial charge in [-0.2, -0.15) is 0 Å². The number of nitrogens with zero attached hydrogens (tertiary/aromatic N) is 3. The third kappa shape index (κ3) is 8.42. The molecule has 0 aliphatic rings. The van der Waals surface area contributed by atoms with Gasteiger partial charge < -0.3 is 0 Å². The maximum absolute atomic E-state index is 8.75. The fourth-order valence-electron chi connectivity index (χ4n) is 3.64. The number of benzene rings is 1. The molecule has 0 bridgehead atoms. The molecule has 7 heteroatoms. The monoisotopic (exact) mass is 561 g/mol. The van der Waals surface area contributed by atoms with Gasteiger partial charge in [0.15, 0.2) is 0 Å². The number of methoxy groups -OCH3 is 1. The van der Waals surface area contributed by atoms with Crippen molar-refractivity contribution in [3.05, 3.63) is 32.6 Å². The number of halogens is 1. The van der Waals surface area contributed by atoms with Crippen molar-refractivity contribution < 1.29 is 9.47 Å². The van der Waals surface area contributed by atoms with Crippen molar-refractivity contribution in [1.82, 2.24) is 0 Å². The van der Waals surface area contributed by atoms with Crippen LogP contribution in [0.4, 0.5) is 0 Å². The molecule has 0 radical (unpaired) electrons. The van der Waals surface area contributed by atoms with E-state index in [1.807, 2.05) is 12.1 Å². The van der Waals surface area contributed by atoms with Crippen LogP contribution in [0, 0.1) is 0 Å². The predicted octanol–water partition coefficient (Wildman–Crippen LogP) is 8.04. The van der Waals surface area contributed by atoms with Gasteiger partial charge in [-0.25, -0.2) is 0 Å². The standard InChI is InChI=1S/C9H9BrN3O2.3C4H9.Sn/c1-14-8-4-7(10)3-6(5-12-13-11)9(8)15-2;3*1-3-4-2;/h3-4H,2,5H2,1H3;3*1,3-4H2,2H3;. The molecule has 1 rings (SSSR count). The van der Waals surface area contributed by atoms with Crippen LogP contribution in [0.3, 0.4) is 0 Å². The summed E-state index contributed by atoms with van der Waals surface area (Å²) in [5.74, 6) is 1.46. The van der Waals surface area contributed by atoms with Crippen LogP contribution in [-0.2, 0) is 6.54 Å². The van der Waals surface area contributed by atoms with E-state index in [4.69, 9.17) is 15.0 Å². The van der Waals surface area contributed by atoms with Gasteiger partial charge in [0.25, 0.3) is 0 Å². The van der Waals surface area contributed by atoms with Gasteiger partial charge in [-0.3, -0.25) is 0 Å². The van der Waals surface area contributed by atoms with Gasteiger partial charge >= 0.3 is 184 Å². The summed E-state index contributed by atoms with van der Waals surface area (Å²) < 4.78 is 18.1. The number of hydrogen-bond acceptors (Lipinski definition) is 3. The van der Waals surface area contributed by atoms with Crippen LogP contribution in [0.1, 0.15) is 64.9 Å². The summed E-state index contributed by atoms with van der Waals surface area (Å²) in [6, 6.07) is 3.89. The van der Waals surface area contributed by atoms with Crippen molar-refractivity contribution in [1.29, 1.82) is 0 Å². The molecule has 1 aromatic rings. The normalized spacial score (nSPS) is 11.2. The second kappa shape index (κ2) is 14.4. The van der Waals surface area contributed by atoms with Crippen molar-refractivity contribution in [2.24, 2.45) is 5.11 Å². The maximum atomic E-state index is 8.75. The Morgan fingerprint density at radius 1 is 1.04 bits per heavy atom. The average molecular weight is 561 g/mol. The molecule has 0 fully saturated rings. The van der Waals surface area contributed by atoms with Crippen molar-refractivity contribution >= 4 is 34.3 Å². The first-order valence-electron chi connectivity index (χ1n) is 10.6. The van der Waals surface area contributed by atoms with Crippen molar-refractivity contribution in [3.8, 4) is 11.5 Å². The Bertz CT molecular complexity index is 615. The third-order valence-corrected chi connectivity index (χ3v) is 20.1. The molecule has 0 saturated carbocycles. The van der Waals surface area contributed by atoms with E-state index in [-0.39, 0.29) is 6.54 Å². The molecule has 0 saturated heterocycles. The summed E-state index contributed by atoms with van der Waals surface area (Å²) >= 11 is 1.09. The molecule has 0 amide bonds. The second-order valence-electron chi connectivity index (χ2n) is 7.58. The molecule has 5 nitrogen and oxygen atoms in total. The zero-order valence-corrected chi connectivity index (χ0v) is 22.4. The first-order chi connectivity index (χ1) is 13.6. The van der Waals surface area contributed by atoms with Crippen molar-refractivity contribution in [2.75, 3.05) is 11.7 Å². The van der Waals surface area contributed by atoms with Crippen LogP contribution in [0.15, 0.2) is 21.7 Å². The Morgan fingerprint density at radius 2 is 1.61 bits per heavy atom. The topological polar surface area (TPSA) is 67.2 Å². The minimum absolute atomic E-state index is 0.267. The van der Waals surface area contributed by atoms with E-state index in [9.17, 15) is 0 Å². The Kier molecular flexibility index (Phi) is 13.1. The zero-order chi connectivity index (χ0) is 20.8. The van der Waals surface area contributed by atoms with Gasteiger partial charge in [0.05, 0.1) is 0 Å². The summed E-state index contributed by atoms with van der Waals surface area (Å²) in [5.41, 5.74) is 9.63. The number of unbranched alkanes of at least 4 members (excludes halogenated alkanes) is 3. The number of hydrogen-bond donors (Lipinski definition) is 0. The summed E-state index contributed by atoms with van der Waals surface area (Å²) in [6.07, 6.45) is 7.70. The molecule has 0 heterocycles. The first kappa shape index (κ1) is 25.4. The average Bonchev–Trinajstić information content (AvgIpc) is 2.71. The fraction of sp³-hybridized carbons (Fsp3) is 0.714. The molecule has 0 spiro atoms. The molecular formula is C21H36BrN3O2Sn. The Hall–Kier alpha value is -0.591. The van der Waals surface area contributed by atoms with Crippen LogP contribution >= 0.6 is 15.9 Å². The van der Waals surface area contributed by atoms with Gasteiger partial charge in [-0.05, 0) is 0 Å². The quantitative estimate of drug-likeness (QED) is 0.0942. The molecular weight excluding hydrogens is 525 g/mol. The fourth-order valence-corrected chi connectivity index (χ4v) is 18.2. The Labute approximate surface area is 183 Å². The molecule has 0 aromatic heterocycles. The molecule has 0 atom stereocenters. The van der Waals surface area contributed by atoms with Crippen LogP contribution in [-0.4, -0.2) is 30.1 Å². The summed E-state index contributed by atoms with van der Waals surface area (Å²) in [4.78, 5) is 2.91. The van der Waals surface area contributed by atoms with Gasteiger partial charge in [-0.15, -0.1) is 0 Å². The van der Waals surface area contributed by atoms with Crippen molar-refractivity contribution in [2.45, 2.75) is 79.2 Å². The predicted molar refractivity (Wildman–Crippen MR) is 124 cm³/mol. The minimum atomic E-state index is -2.42. The molecule has 0 aliphatic heterocycles. The second-order valence-corrected chi connectivity index (χ2v) is 22.2. The third-order valence-electron chi connectivity index (χ3n) is 5.33. The molecule has 0 N–H and O–H groups in total. The van der Waals surface area contributed by atoms with Crippen LogP contribution < -0.4 is 9.47 Å². The van der Waals surface area contributed by atoms with E-state index in [2.05, 4.69) is 46.7 Å². The molecule has 0 aliphatic carbocycles.